The second kappa shape index (κ2) is 5.64. The number of rotatable bonds is 1. The molecule has 0 atom stereocenters. The lowest BCUT2D eigenvalue weighted by molar-refractivity contribution is 0.699. The Labute approximate surface area is 153 Å². The molecule has 0 aliphatic heterocycles. The van der Waals surface area contributed by atoms with Crippen molar-refractivity contribution >= 4 is 44.5 Å². The van der Waals surface area contributed by atoms with Crippen molar-refractivity contribution in [2.75, 3.05) is 0 Å². The fraction of sp³-hybridized carbons (Fsp3) is 0.200. The molecular formula is C20H16N2OS2. The van der Waals surface area contributed by atoms with Gasteiger partial charge in [0.05, 0.1) is 11.1 Å². The van der Waals surface area contributed by atoms with Gasteiger partial charge in [0.2, 0.25) is 0 Å². The Morgan fingerprint density at radius 3 is 2.72 bits per heavy atom. The summed E-state index contributed by atoms with van der Waals surface area (Å²) in [4.78, 5) is 18.9. The summed E-state index contributed by atoms with van der Waals surface area (Å²) in [5.41, 5.74) is 2.06. The predicted molar refractivity (Wildman–Crippen MR) is 107 cm³/mol. The van der Waals surface area contributed by atoms with Crippen LogP contribution in [-0.2, 0) is 12.8 Å². The molecule has 5 rings (SSSR count). The molecule has 0 saturated heterocycles. The van der Waals surface area contributed by atoms with Crippen LogP contribution in [0.15, 0.2) is 47.3 Å². The number of nitrogens with one attached hydrogen (secondary N) is 1. The first-order valence-electron chi connectivity index (χ1n) is 8.51. The third-order valence-corrected chi connectivity index (χ3v) is 6.49. The molecule has 1 aliphatic carbocycles. The standard InChI is InChI=1S/C20H16N2OS2/c23-19-17-15-7-3-4-8-16(15)25-18(17)21-20(24)22(19)14-10-9-12-5-1-2-6-13(12)11-14/h1-2,5-6,9-11H,3-4,7-8H2,(H,21,24). The van der Waals surface area contributed by atoms with Gasteiger partial charge in [-0.05, 0) is 66.4 Å². The van der Waals surface area contributed by atoms with Crippen molar-refractivity contribution in [3.8, 4) is 5.69 Å². The van der Waals surface area contributed by atoms with Gasteiger partial charge in [0.25, 0.3) is 5.56 Å². The van der Waals surface area contributed by atoms with Crippen LogP contribution in [0.3, 0.4) is 0 Å². The van der Waals surface area contributed by atoms with Gasteiger partial charge in [0.15, 0.2) is 4.77 Å². The lowest BCUT2D eigenvalue weighted by Gasteiger charge is -2.11. The topological polar surface area (TPSA) is 37.8 Å². The van der Waals surface area contributed by atoms with Crippen LogP contribution in [0.25, 0.3) is 26.7 Å². The van der Waals surface area contributed by atoms with Crippen molar-refractivity contribution in [3.05, 3.63) is 68.0 Å². The maximum absolute atomic E-state index is 13.3. The molecule has 124 valence electrons. The van der Waals surface area contributed by atoms with Gasteiger partial charge in [0, 0.05) is 4.88 Å². The van der Waals surface area contributed by atoms with Crippen molar-refractivity contribution in [1.82, 2.24) is 9.55 Å². The van der Waals surface area contributed by atoms with E-state index in [1.807, 2.05) is 30.3 Å². The number of aromatic amines is 1. The van der Waals surface area contributed by atoms with Gasteiger partial charge in [0.1, 0.15) is 4.83 Å². The Balaban J connectivity index is 1.83. The van der Waals surface area contributed by atoms with E-state index in [1.54, 1.807) is 15.9 Å². The zero-order valence-electron chi connectivity index (χ0n) is 13.5. The number of fused-ring (bicyclic) bond motifs is 4. The van der Waals surface area contributed by atoms with Gasteiger partial charge < -0.3 is 4.98 Å². The second-order valence-electron chi connectivity index (χ2n) is 6.52. The van der Waals surface area contributed by atoms with Crippen LogP contribution in [0, 0.1) is 4.77 Å². The molecule has 0 fully saturated rings. The summed E-state index contributed by atoms with van der Waals surface area (Å²) in [6.45, 7) is 0. The van der Waals surface area contributed by atoms with Crippen molar-refractivity contribution in [2.45, 2.75) is 25.7 Å². The van der Waals surface area contributed by atoms with Crippen LogP contribution in [-0.4, -0.2) is 9.55 Å². The van der Waals surface area contributed by atoms with E-state index in [4.69, 9.17) is 12.2 Å². The normalized spacial score (nSPS) is 14.1. The van der Waals surface area contributed by atoms with Crippen molar-refractivity contribution in [1.29, 1.82) is 0 Å². The van der Waals surface area contributed by atoms with Crippen LogP contribution in [0.2, 0.25) is 0 Å². The SMILES string of the molecule is O=c1c2c3c(sc2[nH]c(=S)n1-c1ccc2ccccc2c1)CCCC3. The van der Waals surface area contributed by atoms with Gasteiger partial charge in [-0.25, -0.2) is 0 Å². The summed E-state index contributed by atoms with van der Waals surface area (Å²) >= 11 is 7.23. The van der Waals surface area contributed by atoms with Crippen LogP contribution in [0.4, 0.5) is 0 Å². The maximum atomic E-state index is 13.3. The first-order valence-corrected chi connectivity index (χ1v) is 9.73. The molecule has 0 spiro atoms. The largest absolute Gasteiger partial charge is 0.323 e. The van der Waals surface area contributed by atoms with E-state index >= 15 is 0 Å². The predicted octanol–water partition coefficient (Wildman–Crippen LogP) is 5.14. The van der Waals surface area contributed by atoms with E-state index in [-0.39, 0.29) is 5.56 Å². The Bertz CT molecular complexity index is 1250. The van der Waals surface area contributed by atoms with Gasteiger partial charge in [-0.2, -0.15) is 0 Å². The number of hydrogen-bond acceptors (Lipinski definition) is 3. The van der Waals surface area contributed by atoms with Crippen molar-refractivity contribution in [2.24, 2.45) is 0 Å². The molecule has 0 radical (unpaired) electrons. The minimum absolute atomic E-state index is 0.00781. The molecular weight excluding hydrogens is 348 g/mol. The molecule has 1 aliphatic rings. The van der Waals surface area contributed by atoms with E-state index in [0.717, 1.165) is 45.9 Å². The molecule has 25 heavy (non-hydrogen) atoms. The Kier molecular flexibility index (Phi) is 3.40. The summed E-state index contributed by atoms with van der Waals surface area (Å²) in [6, 6.07) is 14.2. The Hall–Kier alpha value is -2.24. The molecule has 0 amide bonds. The number of benzene rings is 2. The molecule has 0 saturated carbocycles. The number of H-pyrrole nitrogens is 1. The monoisotopic (exact) mass is 364 g/mol. The van der Waals surface area contributed by atoms with Gasteiger partial charge >= 0.3 is 0 Å². The molecule has 2 aromatic carbocycles. The number of thiophene rings is 1. The summed E-state index contributed by atoms with van der Waals surface area (Å²) in [5, 5.41) is 3.10. The van der Waals surface area contributed by atoms with Crippen LogP contribution >= 0.6 is 23.6 Å². The molecule has 1 N–H and O–H groups in total. The Morgan fingerprint density at radius 2 is 1.84 bits per heavy atom. The Morgan fingerprint density at radius 1 is 1.04 bits per heavy atom. The minimum Gasteiger partial charge on any atom is -0.323 e. The van der Waals surface area contributed by atoms with E-state index in [0.29, 0.717) is 4.77 Å². The number of nitrogens with zero attached hydrogens (tertiary/aromatic N) is 1. The molecule has 0 unspecified atom stereocenters. The van der Waals surface area contributed by atoms with Crippen LogP contribution in [0.5, 0.6) is 0 Å². The molecule has 3 nitrogen and oxygen atoms in total. The molecule has 0 bridgehead atoms. The van der Waals surface area contributed by atoms with E-state index in [1.165, 1.54) is 16.9 Å². The number of hydrogen-bond donors (Lipinski definition) is 1. The molecule has 2 heterocycles. The lowest BCUT2D eigenvalue weighted by atomic mass is 9.97. The van der Waals surface area contributed by atoms with E-state index < -0.39 is 0 Å². The zero-order chi connectivity index (χ0) is 17.0. The fourth-order valence-electron chi connectivity index (χ4n) is 3.79. The van der Waals surface area contributed by atoms with E-state index in [2.05, 4.69) is 17.1 Å². The summed E-state index contributed by atoms with van der Waals surface area (Å²) < 4.78 is 2.11. The van der Waals surface area contributed by atoms with Gasteiger partial charge in [-0.1, -0.05) is 30.3 Å². The quantitative estimate of drug-likeness (QED) is 0.475. The third-order valence-electron chi connectivity index (χ3n) is 5.00. The highest BCUT2D eigenvalue weighted by Crippen LogP contribution is 2.33. The lowest BCUT2D eigenvalue weighted by Crippen LogP contribution is -2.21. The first-order chi connectivity index (χ1) is 12.2. The minimum atomic E-state index is 0.00781. The third kappa shape index (κ3) is 2.30. The molecule has 5 heteroatoms. The highest BCUT2D eigenvalue weighted by molar-refractivity contribution is 7.71. The maximum Gasteiger partial charge on any atom is 0.267 e. The highest BCUT2D eigenvalue weighted by Gasteiger charge is 2.20. The number of aromatic nitrogens is 2. The first kappa shape index (κ1) is 15.0. The number of aryl methyl sites for hydroxylation is 2. The fourth-order valence-corrected chi connectivity index (χ4v) is 5.42. The summed E-state index contributed by atoms with van der Waals surface area (Å²) in [5.74, 6) is 0. The van der Waals surface area contributed by atoms with E-state index in [9.17, 15) is 4.79 Å². The molecule has 2 aromatic heterocycles. The highest BCUT2D eigenvalue weighted by atomic mass is 32.1. The smallest absolute Gasteiger partial charge is 0.267 e. The van der Waals surface area contributed by atoms with Crippen molar-refractivity contribution < 1.29 is 0 Å². The zero-order valence-corrected chi connectivity index (χ0v) is 15.2. The summed E-state index contributed by atoms with van der Waals surface area (Å²) in [6.07, 6.45) is 4.43. The second-order valence-corrected chi connectivity index (χ2v) is 8.01. The van der Waals surface area contributed by atoms with Gasteiger partial charge in [-0.3, -0.25) is 9.36 Å². The van der Waals surface area contributed by atoms with Crippen LogP contribution in [0.1, 0.15) is 23.3 Å². The summed E-state index contributed by atoms with van der Waals surface area (Å²) in [7, 11) is 0. The average Bonchev–Trinajstić information content (AvgIpc) is 2.99. The van der Waals surface area contributed by atoms with Crippen molar-refractivity contribution in [3.63, 3.8) is 0 Å². The van der Waals surface area contributed by atoms with Gasteiger partial charge in [-0.15, -0.1) is 11.3 Å². The average molecular weight is 364 g/mol. The van der Waals surface area contributed by atoms with Crippen LogP contribution < -0.4 is 5.56 Å². The molecule has 4 aromatic rings.